The zero-order chi connectivity index (χ0) is 8.97. The Balaban J connectivity index is 2.94. The van der Waals surface area contributed by atoms with Gasteiger partial charge < -0.3 is 10.5 Å². The Bertz CT molecular complexity index is 288. The highest BCUT2D eigenvalue weighted by Crippen LogP contribution is 2.13. The predicted molar refractivity (Wildman–Crippen MR) is 50.8 cm³/mol. The first-order valence-corrected chi connectivity index (χ1v) is 3.80. The average molecular weight is 163 g/mol. The van der Waals surface area contributed by atoms with Gasteiger partial charge in [-0.2, -0.15) is 0 Å². The molecular formula is C10H13NO. The fraction of sp³-hybridized carbons (Fsp3) is 0.200. The van der Waals surface area contributed by atoms with Crippen LogP contribution in [0.1, 0.15) is 12.5 Å². The van der Waals surface area contributed by atoms with Crippen molar-refractivity contribution < 1.29 is 4.74 Å². The first kappa shape index (κ1) is 8.65. The van der Waals surface area contributed by atoms with Gasteiger partial charge in [-0.05, 0) is 30.7 Å². The number of rotatable bonds is 2. The molecule has 0 fully saturated rings. The fourth-order valence-electron chi connectivity index (χ4n) is 0.994. The summed E-state index contributed by atoms with van der Waals surface area (Å²) in [6.45, 7) is 1.86. The van der Waals surface area contributed by atoms with Crippen LogP contribution >= 0.6 is 0 Å². The van der Waals surface area contributed by atoms with Gasteiger partial charge >= 0.3 is 0 Å². The highest BCUT2D eigenvalue weighted by molar-refractivity contribution is 5.53. The van der Waals surface area contributed by atoms with Crippen LogP contribution in [0.3, 0.4) is 0 Å². The lowest BCUT2D eigenvalue weighted by molar-refractivity contribution is 0.414. The molecule has 0 saturated heterocycles. The van der Waals surface area contributed by atoms with E-state index >= 15 is 0 Å². The Morgan fingerprint density at radius 2 is 2.25 bits per heavy atom. The second-order valence-electron chi connectivity index (χ2n) is 2.66. The largest absolute Gasteiger partial charge is 0.497 e. The lowest BCUT2D eigenvalue weighted by Crippen LogP contribution is -1.89. The SMILES string of the molecule is COc1cccc(/C=C(/C)N)c1. The molecule has 0 bridgehead atoms. The van der Waals surface area contributed by atoms with Crippen molar-refractivity contribution in [3.63, 3.8) is 0 Å². The summed E-state index contributed by atoms with van der Waals surface area (Å²) in [4.78, 5) is 0. The van der Waals surface area contributed by atoms with Crippen molar-refractivity contribution in [2.24, 2.45) is 5.73 Å². The molecule has 2 heteroatoms. The van der Waals surface area contributed by atoms with Gasteiger partial charge in [0.15, 0.2) is 0 Å². The first-order chi connectivity index (χ1) is 5.72. The highest BCUT2D eigenvalue weighted by atomic mass is 16.5. The van der Waals surface area contributed by atoms with Gasteiger partial charge in [-0.3, -0.25) is 0 Å². The van der Waals surface area contributed by atoms with Gasteiger partial charge in [0.05, 0.1) is 7.11 Å². The summed E-state index contributed by atoms with van der Waals surface area (Å²) in [6, 6.07) is 7.77. The normalized spacial score (nSPS) is 11.3. The Morgan fingerprint density at radius 3 is 2.83 bits per heavy atom. The van der Waals surface area contributed by atoms with Crippen LogP contribution < -0.4 is 10.5 Å². The summed E-state index contributed by atoms with van der Waals surface area (Å²) in [7, 11) is 1.65. The van der Waals surface area contributed by atoms with Gasteiger partial charge in [0.1, 0.15) is 5.75 Å². The molecule has 0 aliphatic heterocycles. The van der Waals surface area contributed by atoms with Crippen LogP contribution in [0, 0.1) is 0 Å². The van der Waals surface area contributed by atoms with Crippen LogP contribution in [0.2, 0.25) is 0 Å². The summed E-state index contributed by atoms with van der Waals surface area (Å²) in [5, 5.41) is 0. The maximum atomic E-state index is 5.54. The van der Waals surface area contributed by atoms with Gasteiger partial charge in [0.2, 0.25) is 0 Å². The van der Waals surface area contributed by atoms with E-state index in [1.54, 1.807) is 7.11 Å². The van der Waals surface area contributed by atoms with Crippen LogP contribution in [0.4, 0.5) is 0 Å². The van der Waals surface area contributed by atoms with E-state index in [2.05, 4.69) is 0 Å². The molecular weight excluding hydrogens is 150 g/mol. The summed E-state index contributed by atoms with van der Waals surface area (Å²) in [6.07, 6.45) is 1.91. The van der Waals surface area contributed by atoms with Crippen molar-refractivity contribution in [2.75, 3.05) is 7.11 Å². The molecule has 0 unspecified atom stereocenters. The van der Waals surface area contributed by atoms with Crippen molar-refractivity contribution in [3.05, 3.63) is 35.5 Å². The highest BCUT2D eigenvalue weighted by Gasteiger charge is 1.91. The molecule has 12 heavy (non-hydrogen) atoms. The molecule has 0 heterocycles. The molecule has 0 aliphatic carbocycles. The summed E-state index contributed by atoms with van der Waals surface area (Å²) < 4.78 is 5.07. The lowest BCUT2D eigenvalue weighted by Gasteiger charge is -2.00. The van der Waals surface area contributed by atoms with E-state index < -0.39 is 0 Å². The molecule has 2 nitrogen and oxygen atoms in total. The first-order valence-electron chi connectivity index (χ1n) is 3.80. The zero-order valence-corrected chi connectivity index (χ0v) is 7.37. The standard InChI is InChI=1S/C10H13NO/c1-8(11)6-9-4-3-5-10(7-9)12-2/h3-7H,11H2,1-2H3/b8-6-. The van der Waals surface area contributed by atoms with E-state index in [1.807, 2.05) is 37.3 Å². The topological polar surface area (TPSA) is 35.2 Å². The van der Waals surface area contributed by atoms with E-state index in [4.69, 9.17) is 10.5 Å². The van der Waals surface area contributed by atoms with Crippen molar-refractivity contribution in [3.8, 4) is 5.75 Å². The second kappa shape index (κ2) is 3.81. The Morgan fingerprint density at radius 1 is 1.50 bits per heavy atom. The van der Waals surface area contributed by atoms with Gasteiger partial charge in [-0.1, -0.05) is 12.1 Å². The smallest absolute Gasteiger partial charge is 0.119 e. The molecule has 1 rings (SSSR count). The summed E-state index contributed by atoms with van der Waals surface area (Å²) in [5.41, 5.74) is 7.40. The number of nitrogens with two attached hydrogens (primary N) is 1. The lowest BCUT2D eigenvalue weighted by atomic mass is 10.2. The third-order valence-electron chi connectivity index (χ3n) is 1.49. The predicted octanol–water partition coefficient (Wildman–Crippen LogP) is 2.01. The van der Waals surface area contributed by atoms with Crippen molar-refractivity contribution in [1.29, 1.82) is 0 Å². The molecule has 0 saturated carbocycles. The molecule has 0 aliphatic rings. The Labute approximate surface area is 72.7 Å². The van der Waals surface area contributed by atoms with Gasteiger partial charge in [-0.25, -0.2) is 0 Å². The maximum absolute atomic E-state index is 5.54. The molecule has 1 aromatic carbocycles. The van der Waals surface area contributed by atoms with Crippen LogP contribution in [0.5, 0.6) is 5.75 Å². The fourth-order valence-corrected chi connectivity index (χ4v) is 0.994. The number of hydrogen-bond acceptors (Lipinski definition) is 2. The van der Waals surface area contributed by atoms with E-state index in [1.165, 1.54) is 0 Å². The number of allylic oxidation sites excluding steroid dienone is 1. The molecule has 2 N–H and O–H groups in total. The van der Waals surface area contributed by atoms with Crippen LogP contribution in [0.15, 0.2) is 30.0 Å². The van der Waals surface area contributed by atoms with E-state index in [-0.39, 0.29) is 0 Å². The quantitative estimate of drug-likeness (QED) is 0.723. The number of methoxy groups -OCH3 is 1. The number of ether oxygens (including phenoxy) is 1. The molecule has 1 aromatic rings. The van der Waals surface area contributed by atoms with Crippen molar-refractivity contribution in [2.45, 2.75) is 6.92 Å². The van der Waals surface area contributed by atoms with Crippen molar-refractivity contribution in [1.82, 2.24) is 0 Å². The average Bonchev–Trinajstić information content (AvgIpc) is 2.03. The van der Waals surface area contributed by atoms with Crippen LogP contribution in [-0.2, 0) is 0 Å². The van der Waals surface area contributed by atoms with Crippen molar-refractivity contribution >= 4 is 6.08 Å². The molecule has 64 valence electrons. The monoisotopic (exact) mass is 163 g/mol. The molecule has 0 atom stereocenters. The second-order valence-corrected chi connectivity index (χ2v) is 2.66. The molecule has 0 spiro atoms. The van der Waals surface area contributed by atoms with Gasteiger partial charge in [0.25, 0.3) is 0 Å². The third kappa shape index (κ3) is 2.31. The minimum absolute atomic E-state index is 0.795. The minimum atomic E-state index is 0.795. The Hall–Kier alpha value is -1.44. The van der Waals surface area contributed by atoms with Gasteiger partial charge in [0, 0.05) is 5.70 Å². The zero-order valence-electron chi connectivity index (χ0n) is 7.37. The summed E-state index contributed by atoms with van der Waals surface area (Å²) in [5.74, 6) is 0.852. The van der Waals surface area contributed by atoms with E-state index in [0.717, 1.165) is 17.0 Å². The summed E-state index contributed by atoms with van der Waals surface area (Å²) >= 11 is 0. The molecule has 0 radical (unpaired) electrons. The molecule has 0 amide bonds. The minimum Gasteiger partial charge on any atom is -0.497 e. The number of benzene rings is 1. The number of hydrogen-bond donors (Lipinski definition) is 1. The van der Waals surface area contributed by atoms with Crippen LogP contribution in [-0.4, -0.2) is 7.11 Å². The Kier molecular flexibility index (Phi) is 2.75. The molecule has 0 aromatic heterocycles. The van der Waals surface area contributed by atoms with Crippen LogP contribution in [0.25, 0.3) is 6.08 Å². The van der Waals surface area contributed by atoms with E-state index in [9.17, 15) is 0 Å². The maximum Gasteiger partial charge on any atom is 0.119 e. The van der Waals surface area contributed by atoms with Gasteiger partial charge in [-0.15, -0.1) is 0 Å². The third-order valence-corrected chi connectivity index (χ3v) is 1.49. The van der Waals surface area contributed by atoms with E-state index in [0.29, 0.717) is 0 Å².